The van der Waals surface area contributed by atoms with Crippen LogP contribution in [0.25, 0.3) is 11.2 Å². The van der Waals surface area contributed by atoms with E-state index in [1.807, 2.05) is 24.2 Å². The normalized spacial score (nSPS) is 17.8. The number of aromatic amines is 1. The topological polar surface area (TPSA) is 111 Å². The summed E-state index contributed by atoms with van der Waals surface area (Å²) in [5, 5.41) is 13.7. The minimum Gasteiger partial charge on any atom is -0.465 e. The van der Waals surface area contributed by atoms with E-state index in [1.54, 1.807) is 15.5 Å². The zero-order valence-corrected chi connectivity index (χ0v) is 17.0. The number of nitrogens with one attached hydrogen (secondary N) is 3. The van der Waals surface area contributed by atoms with Gasteiger partial charge in [0.1, 0.15) is 11.3 Å². The Labute approximate surface area is 176 Å². The van der Waals surface area contributed by atoms with Crippen LogP contribution in [-0.2, 0) is 19.6 Å². The zero-order valence-electron chi connectivity index (χ0n) is 17.0. The van der Waals surface area contributed by atoms with Gasteiger partial charge in [0, 0.05) is 33.2 Å². The third-order valence-electron chi connectivity index (χ3n) is 6.14. The van der Waals surface area contributed by atoms with Crippen LogP contribution in [0.15, 0.2) is 51.9 Å². The van der Waals surface area contributed by atoms with Crippen molar-refractivity contribution in [2.45, 2.75) is 25.8 Å². The van der Waals surface area contributed by atoms with Gasteiger partial charge in [0.2, 0.25) is 5.62 Å². The highest BCUT2D eigenvalue weighted by atomic mass is 16.3. The molecule has 10 nitrogen and oxygen atoms in total. The largest absolute Gasteiger partial charge is 0.465 e. The molecular weight excluding hydrogens is 396 g/mol. The molecule has 3 aromatic heterocycles. The lowest BCUT2D eigenvalue weighted by Gasteiger charge is -2.20. The van der Waals surface area contributed by atoms with Crippen molar-refractivity contribution in [1.29, 1.82) is 5.41 Å². The molecule has 0 aliphatic carbocycles. The van der Waals surface area contributed by atoms with E-state index in [2.05, 4.69) is 44.5 Å². The molecule has 0 fully saturated rings. The van der Waals surface area contributed by atoms with Crippen LogP contribution >= 0.6 is 0 Å². The van der Waals surface area contributed by atoms with Crippen LogP contribution in [0.4, 0.5) is 5.82 Å². The van der Waals surface area contributed by atoms with Crippen molar-refractivity contribution in [1.82, 2.24) is 24.1 Å². The standard InChI is InChI=1S/C21H22N8O2/c1-26-17(15-7-4-10-31-15)24-19-16-18(25-20(22)29(19)26)28(21(30)23-16)9-8-27-11-13-5-2-3-6-14(13)12-27/h2-7,10,17,22,24H,8-9,11-12H2,1H3,(H,23,30). The molecule has 3 N–H and O–H groups in total. The number of nitrogens with zero attached hydrogens (tertiary/aromatic N) is 5. The monoisotopic (exact) mass is 418 g/mol. The second kappa shape index (κ2) is 6.61. The molecule has 1 aromatic carbocycles. The number of hydrogen-bond donors (Lipinski definition) is 3. The SMILES string of the molecule is CN1C(c2ccco2)Nc2c3[nH]c(=O)n(CCN4Cc5ccccc5C4)c3nc(=N)n21. The van der Waals surface area contributed by atoms with Crippen LogP contribution in [0.3, 0.4) is 0 Å². The van der Waals surface area contributed by atoms with E-state index in [0.717, 1.165) is 19.6 Å². The fourth-order valence-corrected chi connectivity index (χ4v) is 4.59. The number of fused-ring (bicyclic) bond motifs is 4. The summed E-state index contributed by atoms with van der Waals surface area (Å²) in [6, 6.07) is 12.1. The molecule has 2 aliphatic heterocycles. The molecule has 0 amide bonds. The molecule has 31 heavy (non-hydrogen) atoms. The van der Waals surface area contributed by atoms with E-state index in [-0.39, 0.29) is 17.5 Å². The van der Waals surface area contributed by atoms with E-state index in [9.17, 15) is 4.79 Å². The first-order valence-electron chi connectivity index (χ1n) is 10.2. The Kier molecular flexibility index (Phi) is 3.84. The summed E-state index contributed by atoms with van der Waals surface area (Å²) in [6.45, 7) is 2.99. The van der Waals surface area contributed by atoms with E-state index >= 15 is 0 Å². The Hall–Kier alpha value is -3.79. The molecule has 6 rings (SSSR count). The molecule has 0 bridgehead atoms. The molecule has 0 saturated carbocycles. The van der Waals surface area contributed by atoms with Gasteiger partial charge in [-0.3, -0.25) is 19.9 Å². The van der Waals surface area contributed by atoms with Crippen molar-refractivity contribution in [2.24, 2.45) is 0 Å². The van der Waals surface area contributed by atoms with Crippen LogP contribution in [-0.4, -0.2) is 37.7 Å². The number of imidazole rings is 1. The second-order valence-electron chi connectivity index (χ2n) is 7.99. The zero-order chi connectivity index (χ0) is 21.1. The third kappa shape index (κ3) is 2.72. The van der Waals surface area contributed by atoms with Crippen molar-refractivity contribution < 1.29 is 4.42 Å². The van der Waals surface area contributed by atoms with Gasteiger partial charge in [-0.1, -0.05) is 24.3 Å². The van der Waals surface area contributed by atoms with Crippen molar-refractivity contribution in [3.8, 4) is 0 Å². The summed E-state index contributed by atoms with van der Waals surface area (Å²) >= 11 is 0. The Morgan fingerprint density at radius 1 is 1.16 bits per heavy atom. The number of benzene rings is 1. The van der Waals surface area contributed by atoms with Gasteiger partial charge in [0.15, 0.2) is 17.6 Å². The predicted molar refractivity (Wildman–Crippen MR) is 114 cm³/mol. The van der Waals surface area contributed by atoms with Gasteiger partial charge < -0.3 is 14.7 Å². The lowest BCUT2D eigenvalue weighted by molar-refractivity contribution is 0.271. The molecule has 1 unspecified atom stereocenters. The Bertz CT molecular complexity index is 1370. The van der Waals surface area contributed by atoms with E-state index in [4.69, 9.17) is 9.83 Å². The first-order chi connectivity index (χ1) is 15.1. The van der Waals surface area contributed by atoms with Crippen LogP contribution in [0, 0.1) is 5.41 Å². The van der Waals surface area contributed by atoms with Gasteiger partial charge in [0.25, 0.3) is 0 Å². The molecule has 1 atom stereocenters. The van der Waals surface area contributed by atoms with E-state index < -0.39 is 0 Å². The average molecular weight is 418 g/mol. The van der Waals surface area contributed by atoms with Crippen molar-refractivity contribution >= 4 is 17.0 Å². The number of H-pyrrole nitrogens is 1. The highest BCUT2D eigenvalue weighted by Gasteiger charge is 2.32. The van der Waals surface area contributed by atoms with Gasteiger partial charge in [-0.2, -0.15) is 4.98 Å². The Morgan fingerprint density at radius 3 is 2.65 bits per heavy atom. The molecular formula is C21H22N8O2. The van der Waals surface area contributed by atoms with Gasteiger partial charge >= 0.3 is 5.69 Å². The number of hydrogen-bond acceptors (Lipinski definition) is 7. The average Bonchev–Trinajstić information content (AvgIpc) is 3.52. The summed E-state index contributed by atoms with van der Waals surface area (Å²) < 4.78 is 8.81. The summed E-state index contributed by atoms with van der Waals surface area (Å²) in [5.41, 5.74) is 3.58. The van der Waals surface area contributed by atoms with Crippen LogP contribution in [0.2, 0.25) is 0 Å². The number of furan rings is 1. The minimum absolute atomic E-state index is 0.0490. The lowest BCUT2D eigenvalue weighted by Crippen LogP contribution is -2.38. The van der Waals surface area contributed by atoms with Gasteiger partial charge in [-0.15, -0.1) is 0 Å². The molecule has 0 spiro atoms. The predicted octanol–water partition coefficient (Wildman–Crippen LogP) is 1.31. The van der Waals surface area contributed by atoms with E-state index in [0.29, 0.717) is 29.3 Å². The van der Waals surface area contributed by atoms with Crippen LogP contribution < -0.4 is 21.6 Å². The molecule has 2 aliphatic rings. The minimum atomic E-state index is -0.290. The summed E-state index contributed by atoms with van der Waals surface area (Å²) in [4.78, 5) is 22.5. The summed E-state index contributed by atoms with van der Waals surface area (Å²) in [6.07, 6.45) is 1.32. The van der Waals surface area contributed by atoms with Gasteiger partial charge in [0.05, 0.1) is 6.26 Å². The molecule has 4 aromatic rings. The smallest absolute Gasteiger partial charge is 0.327 e. The molecule has 0 saturated heterocycles. The summed E-state index contributed by atoms with van der Waals surface area (Å²) in [7, 11) is 1.85. The maximum Gasteiger partial charge on any atom is 0.327 e. The molecule has 5 heterocycles. The molecule has 0 radical (unpaired) electrons. The van der Waals surface area contributed by atoms with Crippen molar-refractivity contribution in [3.05, 3.63) is 75.7 Å². The number of aromatic nitrogens is 4. The van der Waals surface area contributed by atoms with Crippen LogP contribution in [0.1, 0.15) is 23.1 Å². The van der Waals surface area contributed by atoms with Crippen molar-refractivity contribution in [2.75, 3.05) is 23.9 Å². The Morgan fingerprint density at radius 2 is 1.94 bits per heavy atom. The third-order valence-corrected chi connectivity index (χ3v) is 6.14. The quantitative estimate of drug-likeness (QED) is 0.461. The van der Waals surface area contributed by atoms with Gasteiger partial charge in [-0.25, -0.2) is 9.47 Å². The lowest BCUT2D eigenvalue weighted by atomic mass is 10.1. The van der Waals surface area contributed by atoms with Crippen LogP contribution in [0.5, 0.6) is 0 Å². The van der Waals surface area contributed by atoms with Crippen molar-refractivity contribution in [3.63, 3.8) is 0 Å². The fraction of sp³-hybridized carbons (Fsp3) is 0.286. The summed E-state index contributed by atoms with van der Waals surface area (Å²) in [5.74, 6) is 1.34. The first-order valence-corrected chi connectivity index (χ1v) is 10.2. The number of rotatable bonds is 4. The maximum atomic E-state index is 12.8. The number of anilines is 1. The molecule has 10 heteroatoms. The van der Waals surface area contributed by atoms with E-state index in [1.165, 1.54) is 11.1 Å². The maximum absolute atomic E-state index is 12.8. The fourth-order valence-electron chi connectivity index (χ4n) is 4.59. The first kappa shape index (κ1) is 18.0. The highest BCUT2D eigenvalue weighted by Crippen LogP contribution is 2.31. The Balaban J connectivity index is 1.32. The second-order valence-corrected chi connectivity index (χ2v) is 7.99. The molecule has 158 valence electrons. The van der Waals surface area contributed by atoms with Gasteiger partial charge in [-0.05, 0) is 23.3 Å². The highest BCUT2D eigenvalue weighted by molar-refractivity contribution is 5.84.